The molecule has 2 aliphatic rings. The number of nitrogens with two attached hydrogens (primary N) is 2. The summed E-state index contributed by atoms with van der Waals surface area (Å²) in [7, 11) is 0. The van der Waals surface area contributed by atoms with Crippen LogP contribution in [0, 0.1) is 0 Å². The molecule has 5 rings (SSSR count). The van der Waals surface area contributed by atoms with E-state index in [0.29, 0.717) is 0 Å². The monoisotopic (exact) mass is 502 g/mol. The third-order valence-corrected chi connectivity index (χ3v) is 8.16. The molecule has 0 fully saturated rings. The van der Waals surface area contributed by atoms with Crippen LogP contribution in [0.25, 0.3) is 0 Å². The quantitative estimate of drug-likeness (QED) is 0.295. The molecule has 1 unspecified atom stereocenters. The Morgan fingerprint density at radius 3 is 1.62 bits per heavy atom. The maximum Gasteiger partial charge on any atom is 0.0352 e. The lowest BCUT2D eigenvalue weighted by atomic mass is 9.74. The average molecular weight is 503 g/mol. The molecule has 3 aromatic carbocycles. The smallest absolute Gasteiger partial charge is 0.0352 e. The molecule has 0 bridgehead atoms. The van der Waals surface area contributed by atoms with E-state index >= 15 is 0 Å². The number of hydrogen-bond donors (Lipinski definition) is 4. The van der Waals surface area contributed by atoms with Crippen molar-refractivity contribution in [1.82, 2.24) is 12.3 Å². The lowest BCUT2D eigenvalue weighted by Crippen LogP contribution is -2.30. The SMILES string of the molecule is CC(C)(N)c1ccc(C2(C)CC(C)(C)c3ccc(C(C)(C)N)cc32)cc1.N.N.c1ccc2c(c1)CCC2. The van der Waals surface area contributed by atoms with Crippen molar-refractivity contribution in [1.29, 1.82) is 0 Å². The number of fused-ring (bicyclic) bond motifs is 2. The van der Waals surface area contributed by atoms with E-state index < -0.39 is 0 Å². The Morgan fingerprint density at radius 2 is 1.14 bits per heavy atom. The van der Waals surface area contributed by atoms with Gasteiger partial charge in [-0.15, -0.1) is 0 Å². The molecule has 0 aliphatic heterocycles. The van der Waals surface area contributed by atoms with Crippen LogP contribution in [0.2, 0.25) is 0 Å². The number of aryl methyl sites for hydroxylation is 2. The van der Waals surface area contributed by atoms with Gasteiger partial charge in [-0.05, 0) is 97.7 Å². The van der Waals surface area contributed by atoms with Crippen LogP contribution in [0.1, 0.15) is 100 Å². The summed E-state index contributed by atoms with van der Waals surface area (Å²) in [5.74, 6) is 0. The second kappa shape index (κ2) is 10.7. The molecule has 1 atom stereocenters. The maximum absolute atomic E-state index is 6.40. The van der Waals surface area contributed by atoms with Crippen LogP contribution < -0.4 is 23.8 Å². The molecular weight excluding hydrogens is 452 g/mol. The largest absolute Gasteiger partial charge is 0.344 e. The first-order valence-electron chi connectivity index (χ1n) is 13.1. The van der Waals surface area contributed by atoms with E-state index in [9.17, 15) is 0 Å². The Morgan fingerprint density at radius 1 is 0.649 bits per heavy atom. The van der Waals surface area contributed by atoms with Crippen LogP contribution in [-0.2, 0) is 34.7 Å². The molecule has 0 amide bonds. The third-order valence-electron chi connectivity index (χ3n) is 8.16. The van der Waals surface area contributed by atoms with Crippen LogP contribution in [0.4, 0.5) is 0 Å². The van der Waals surface area contributed by atoms with Gasteiger partial charge in [0.15, 0.2) is 0 Å². The van der Waals surface area contributed by atoms with Crippen molar-refractivity contribution < 1.29 is 0 Å². The van der Waals surface area contributed by atoms with Crippen LogP contribution in [-0.4, -0.2) is 0 Å². The molecule has 0 aromatic heterocycles. The molecule has 2 aliphatic carbocycles. The Balaban J connectivity index is 0.000000368. The van der Waals surface area contributed by atoms with Crippen molar-refractivity contribution in [3.63, 3.8) is 0 Å². The maximum atomic E-state index is 6.40. The molecule has 3 aromatic rings. The van der Waals surface area contributed by atoms with E-state index in [4.69, 9.17) is 11.5 Å². The first-order chi connectivity index (χ1) is 16.2. The van der Waals surface area contributed by atoms with Gasteiger partial charge in [-0.2, -0.15) is 0 Å². The Bertz CT molecular complexity index is 1170. The Labute approximate surface area is 225 Å². The van der Waals surface area contributed by atoms with E-state index in [0.717, 1.165) is 6.42 Å². The summed E-state index contributed by atoms with van der Waals surface area (Å²) in [5.41, 5.74) is 21.8. The van der Waals surface area contributed by atoms with Gasteiger partial charge in [0.1, 0.15) is 0 Å². The van der Waals surface area contributed by atoms with Crippen molar-refractivity contribution in [2.75, 3.05) is 0 Å². The molecule has 4 heteroatoms. The third kappa shape index (κ3) is 6.15. The molecule has 10 N–H and O–H groups in total. The highest BCUT2D eigenvalue weighted by Gasteiger charge is 2.46. The van der Waals surface area contributed by atoms with Gasteiger partial charge in [0.25, 0.3) is 0 Å². The normalized spacial score (nSPS) is 19.5. The fourth-order valence-electron chi connectivity index (χ4n) is 6.11. The van der Waals surface area contributed by atoms with E-state index in [1.807, 2.05) is 13.8 Å². The highest BCUT2D eigenvalue weighted by Crippen LogP contribution is 2.53. The highest BCUT2D eigenvalue weighted by atomic mass is 14.7. The van der Waals surface area contributed by atoms with Gasteiger partial charge in [0, 0.05) is 16.5 Å². The van der Waals surface area contributed by atoms with E-state index in [2.05, 4.69) is 101 Å². The minimum absolute atomic E-state index is 0. The zero-order valence-corrected chi connectivity index (χ0v) is 24.2. The van der Waals surface area contributed by atoms with Gasteiger partial charge in [-0.3, -0.25) is 0 Å². The van der Waals surface area contributed by atoms with E-state index in [1.165, 1.54) is 47.1 Å². The van der Waals surface area contributed by atoms with Gasteiger partial charge in [0.05, 0.1) is 0 Å². The van der Waals surface area contributed by atoms with Crippen molar-refractivity contribution in [2.45, 2.75) is 96.1 Å². The number of benzene rings is 3. The van der Waals surface area contributed by atoms with Crippen molar-refractivity contribution in [2.24, 2.45) is 11.5 Å². The first-order valence-corrected chi connectivity index (χ1v) is 13.1. The van der Waals surface area contributed by atoms with Gasteiger partial charge in [-0.1, -0.05) is 87.5 Å². The molecular formula is C33H50N4. The van der Waals surface area contributed by atoms with Crippen LogP contribution in [0.15, 0.2) is 66.7 Å². The summed E-state index contributed by atoms with van der Waals surface area (Å²) in [6, 6.07) is 24.5. The number of hydrogen-bond acceptors (Lipinski definition) is 4. The lowest BCUT2D eigenvalue weighted by Gasteiger charge is -2.30. The van der Waals surface area contributed by atoms with E-state index in [-0.39, 0.29) is 34.2 Å². The summed E-state index contributed by atoms with van der Waals surface area (Å²) in [6.45, 7) is 15.3. The van der Waals surface area contributed by atoms with Crippen molar-refractivity contribution >= 4 is 0 Å². The molecule has 0 heterocycles. The molecule has 4 nitrogen and oxygen atoms in total. The second-order valence-corrected chi connectivity index (χ2v) is 12.8. The first kappa shape index (κ1) is 30.7. The second-order valence-electron chi connectivity index (χ2n) is 12.8. The zero-order valence-electron chi connectivity index (χ0n) is 24.2. The minimum Gasteiger partial charge on any atom is -0.344 e. The highest BCUT2D eigenvalue weighted by molar-refractivity contribution is 5.54. The standard InChI is InChI=1S/C24H34N2.C9H10.2H3N/c1-21(2)15-24(7,17-10-8-16(9-11-17)22(3,4)25)20-14-18(23(5,6)26)12-13-19(20)21;1-2-5-9-7-3-6-8(9)4-1;;/h8-14H,15,25-26H2,1-7H3;1-2,4-5H,3,6-7H2;2*1H3. The minimum atomic E-state index is -0.337. The lowest BCUT2D eigenvalue weighted by molar-refractivity contribution is 0.424. The van der Waals surface area contributed by atoms with Crippen molar-refractivity contribution in [3.05, 3.63) is 106 Å². The van der Waals surface area contributed by atoms with Crippen molar-refractivity contribution in [3.8, 4) is 0 Å². The molecule has 202 valence electrons. The van der Waals surface area contributed by atoms with Gasteiger partial charge in [0.2, 0.25) is 0 Å². The van der Waals surface area contributed by atoms with Crippen LogP contribution in [0.3, 0.4) is 0 Å². The zero-order chi connectivity index (χ0) is 25.6. The summed E-state index contributed by atoms with van der Waals surface area (Å²) < 4.78 is 0. The average Bonchev–Trinajstić information content (AvgIpc) is 3.34. The topological polar surface area (TPSA) is 122 Å². The molecule has 0 radical (unpaired) electrons. The molecule has 0 spiro atoms. The van der Waals surface area contributed by atoms with Crippen LogP contribution >= 0.6 is 0 Å². The van der Waals surface area contributed by atoms with Gasteiger partial charge >= 0.3 is 0 Å². The summed E-state index contributed by atoms with van der Waals surface area (Å²) in [4.78, 5) is 0. The predicted octanol–water partition coefficient (Wildman–Crippen LogP) is 7.56. The fourth-order valence-corrected chi connectivity index (χ4v) is 6.11. The van der Waals surface area contributed by atoms with E-state index in [1.54, 1.807) is 11.1 Å². The fraction of sp³-hybridized carbons (Fsp3) is 0.455. The summed E-state index contributed by atoms with van der Waals surface area (Å²) in [6.07, 6.45) is 5.06. The Hall–Kier alpha value is -2.50. The molecule has 0 saturated carbocycles. The predicted molar refractivity (Wildman–Crippen MR) is 160 cm³/mol. The van der Waals surface area contributed by atoms with Gasteiger partial charge in [-0.25, -0.2) is 0 Å². The molecule has 37 heavy (non-hydrogen) atoms. The summed E-state index contributed by atoms with van der Waals surface area (Å²) in [5, 5.41) is 0. The van der Waals surface area contributed by atoms with Gasteiger partial charge < -0.3 is 23.8 Å². The molecule has 0 saturated heterocycles. The summed E-state index contributed by atoms with van der Waals surface area (Å²) >= 11 is 0. The Kier molecular flexibility index (Phi) is 8.89. The number of rotatable bonds is 3. The van der Waals surface area contributed by atoms with Crippen LogP contribution in [0.5, 0.6) is 0 Å².